The molecule has 0 spiro atoms. The van der Waals surface area contributed by atoms with E-state index in [4.69, 9.17) is 4.74 Å². The van der Waals surface area contributed by atoms with Crippen molar-refractivity contribution < 1.29 is 24.5 Å². The van der Waals surface area contributed by atoms with Crippen LogP contribution in [0.2, 0.25) is 0 Å². The maximum absolute atomic E-state index is 12.9. The largest absolute Gasteiger partial charge is 0.462 e. The number of Topliss-reactive ketones (excluding diaryl/α,β-unsaturated/α-hetero) is 1. The lowest BCUT2D eigenvalue weighted by molar-refractivity contribution is -0.171. The summed E-state index contributed by atoms with van der Waals surface area (Å²) in [6, 6.07) is 6.41. The number of benzene rings is 1. The molecule has 1 aliphatic heterocycles. The molecule has 0 aromatic heterocycles. The smallest absolute Gasteiger partial charge is 0.318 e. The van der Waals surface area contributed by atoms with Gasteiger partial charge in [0.15, 0.2) is 5.60 Å². The second-order valence-corrected chi connectivity index (χ2v) is 7.49. The maximum atomic E-state index is 12.9. The van der Waals surface area contributed by atoms with Gasteiger partial charge in [0.1, 0.15) is 12.0 Å². The molecule has 4 rings (SSSR count). The normalized spacial score (nSPS) is 34.0. The molecule has 3 aliphatic rings. The minimum atomic E-state index is -2.35. The third-order valence-corrected chi connectivity index (χ3v) is 5.89. The molecule has 1 saturated heterocycles. The quantitative estimate of drug-likeness (QED) is 0.551. The summed E-state index contributed by atoms with van der Waals surface area (Å²) in [5.74, 6) is -2.76. The van der Waals surface area contributed by atoms with Gasteiger partial charge in [-0.25, -0.2) is 0 Å². The maximum Gasteiger partial charge on any atom is 0.318 e. The molecule has 3 N–H and O–H groups in total. The number of ketones is 1. The van der Waals surface area contributed by atoms with E-state index >= 15 is 0 Å². The lowest BCUT2D eigenvalue weighted by Gasteiger charge is -2.32. The van der Waals surface area contributed by atoms with Crippen molar-refractivity contribution in [3.8, 4) is 0 Å². The molecular formula is C20H23NO5. The zero-order valence-corrected chi connectivity index (χ0v) is 14.5. The van der Waals surface area contributed by atoms with Crippen LogP contribution in [0.15, 0.2) is 36.5 Å². The molecule has 1 saturated carbocycles. The SMILES string of the molecule is C=C1NC2(O)c3ccccc3C(=O)C2(O)C1C(=O)OC1CCCCCC1. The number of carbonyl (C=O) groups excluding carboxylic acids is 2. The number of nitrogens with one attached hydrogen (secondary N) is 1. The summed E-state index contributed by atoms with van der Waals surface area (Å²) < 4.78 is 5.63. The van der Waals surface area contributed by atoms with Gasteiger partial charge in [0.2, 0.25) is 11.5 Å². The summed E-state index contributed by atoms with van der Waals surface area (Å²) in [5.41, 5.74) is -3.89. The Balaban J connectivity index is 1.67. The fourth-order valence-electron chi connectivity index (χ4n) is 4.54. The van der Waals surface area contributed by atoms with Crippen molar-refractivity contribution in [2.75, 3.05) is 0 Å². The fourth-order valence-corrected chi connectivity index (χ4v) is 4.54. The van der Waals surface area contributed by atoms with E-state index in [0.29, 0.717) is 0 Å². The topological polar surface area (TPSA) is 95.9 Å². The van der Waals surface area contributed by atoms with Gasteiger partial charge < -0.3 is 20.3 Å². The van der Waals surface area contributed by atoms with Gasteiger partial charge in [0.05, 0.1) is 0 Å². The first-order valence-electron chi connectivity index (χ1n) is 9.16. The molecule has 0 amide bonds. The molecule has 1 heterocycles. The number of carbonyl (C=O) groups is 2. The Labute approximate surface area is 151 Å². The van der Waals surface area contributed by atoms with Crippen molar-refractivity contribution in [3.63, 3.8) is 0 Å². The van der Waals surface area contributed by atoms with Crippen LogP contribution in [0.3, 0.4) is 0 Å². The highest BCUT2D eigenvalue weighted by molar-refractivity contribution is 6.11. The van der Waals surface area contributed by atoms with E-state index in [-0.39, 0.29) is 22.9 Å². The van der Waals surface area contributed by atoms with E-state index in [1.54, 1.807) is 18.2 Å². The first-order chi connectivity index (χ1) is 12.4. The van der Waals surface area contributed by atoms with Crippen molar-refractivity contribution in [2.45, 2.75) is 56.0 Å². The van der Waals surface area contributed by atoms with Crippen LogP contribution in [-0.4, -0.2) is 33.7 Å². The van der Waals surface area contributed by atoms with Gasteiger partial charge in [0, 0.05) is 16.8 Å². The van der Waals surface area contributed by atoms with Crippen LogP contribution in [0.5, 0.6) is 0 Å². The van der Waals surface area contributed by atoms with Crippen molar-refractivity contribution in [1.29, 1.82) is 0 Å². The summed E-state index contributed by atoms with van der Waals surface area (Å²) in [7, 11) is 0. The average molecular weight is 357 g/mol. The van der Waals surface area contributed by atoms with E-state index < -0.39 is 29.0 Å². The van der Waals surface area contributed by atoms with E-state index in [9.17, 15) is 19.8 Å². The number of esters is 1. The Bertz CT molecular complexity index is 782. The first-order valence-corrected chi connectivity index (χ1v) is 9.16. The van der Waals surface area contributed by atoms with Gasteiger partial charge in [-0.1, -0.05) is 43.7 Å². The van der Waals surface area contributed by atoms with Crippen LogP contribution in [0.1, 0.15) is 54.4 Å². The standard InChI is InChI=1S/C20H23NO5/c1-12-16(18(23)26-13-8-4-2-3-5-9-13)19(24)17(22)14-10-6-7-11-15(14)20(19,25)21-12/h6-7,10-11,13,16,21,24-25H,1-5,8-9H2. The van der Waals surface area contributed by atoms with Crippen LogP contribution in [-0.2, 0) is 15.3 Å². The first kappa shape index (κ1) is 17.2. The molecule has 1 aromatic rings. The van der Waals surface area contributed by atoms with Gasteiger partial charge in [-0.15, -0.1) is 0 Å². The summed E-state index contributed by atoms with van der Waals surface area (Å²) in [6.45, 7) is 3.76. The summed E-state index contributed by atoms with van der Waals surface area (Å²) in [4.78, 5) is 25.8. The minimum absolute atomic E-state index is 0.0940. The highest BCUT2D eigenvalue weighted by Gasteiger charge is 2.73. The van der Waals surface area contributed by atoms with Gasteiger partial charge in [-0.2, -0.15) is 0 Å². The van der Waals surface area contributed by atoms with Crippen LogP contribution >= 0.6 is 0 Å². The number of aliphatic hydroxyl groups is 2. The van der Waals surface area contributed by atoms with E-state index in [2.05, 4.69) is 11.9 Å². The number of hydrogen-bond acceptors (Lipinski definition) is 6. The van der Waals surface area contributed by atoms with E-state index in [0.717, 1.165) is 38.5 Å². The van der Waals surface area contributed by atoms with Crippen molar-refractivity contribution in [2.24, 2.45) is 5.92 Å². The molecule has 138 valence electrons. The molecule has 2 fully saturated rings. The second kappa shape index (κ2) is 5.93. The lowest BCUT2D eigenvalue weighted by atomic mass is 9.81. The predicted molar refractivity (Wildman–Crippen MR) is 93.0 cm³/mol. The molecule has 6 nitrogen and oxygen atoms in total. The van der Waals surface area contributed by atoms with Crippen LogP contribution in [0.4, 0.5) is 0 Å². The Morgan fingerprint density at radius 1 is 1.15 bits per heavy atom. The highest BCUT2D eigenvalue weighted by Crippen LogP contribution is 2.53. The molecule has 2 aliphatic carbocycles. The molecule has 26 heavy (non-hydrogen) atoms. The van der Waals surface area contributed by atoms with Gasteiger partial charge >= 0.3 is 5.97 Å². The molecule has 1 aromatic carbocycles. The van der Waals surface area contributed by atoms with Crippen molar-refractivity contribution in [3.05, 3.63) is 47.7 Å². The van der Waals surface area contributed by atoms with Gasteiger partial charge in [-0.3, -0.25) is 9.59 Å². The molecule has 0 radical (unpaired) electrons. The number of fused-ring (bicyclic) bond motifs is 3. The molecule has 3 atom stereocenters. The van der Waals surface area contributed by atoms with Gasteiger partial charge in [-0.05, 0) is 25.7 Å². The van der Waals surface area contributed by atoms with Crippen LogP contribution in [0.25, 0.3) is 0 Å². The monoisotopic (exact) mass is 357 g/mol. The minimum Gasteiger partial charge on any atom is -0.462 e. The van der Waals surface area contributed by atoms with Crippen molar-refractivity contribution in [1.82, 2.24) is 5.32 Å². The lowest BCUT2D eigenvalue weighted by Crippen LogP contribution is -2.57. The third kappa shape index (κ3) is 2.18. The fraction of sp³-hybridized carbons (Fsp3) is 0.500. The summed E-state index contributed by atoms with van der Waals surface area (Å²) in [5, 5.41) is 25.0. The Morgan fingerprint density at radius 3 is 2.50 bits per heavy atom. The third-order valence-electron chi connectivity index (χ3n) is 5.89. The van der Waals surface area contributed by atoms with Crippen LogP contribution < -0.4 is 5.32 Å². The average Bonchev–Trinajstić information content (AvgIpc) is 2.83. The molecule has 3 unspecified atom stereocenters. The van der Waals surface area contributed by atoms with E-state index in [1.165, 1.54) is 6.07 Å². The highest BCUT2D eigenvalue weighted by atomic mass is 16.5. The van der Waals surface area contributed by atoms with Crippen LogP contribution in [0, 0.1) is 5.92 Å². The van der Waals surface area contributed by atoms with Gasteiger partial charge in [0.25, 0.3) is 0 Å². The summed E-state index contributed by atoms with van der Waals surface area (Å²) >= 11 is 0. The van der Waals surface area contributed by atoms with Crippen molar-refractivity contribution >= 4 is 11.8 Å². The zero-order chi connectivity index (χ0) is 18.5. The summed E-state index contributed by atoms with van der Waals surface area (Å²) in [6.07, 6.45) is 5.52. The second-order valence-electron chi connectivity index (χ2n) is 7.49. The number of rotatable bonds is 2. The molecule has 0 bridgehead atoms. The Morgan fingerprint density at radius 2 is 1.81 bits per heavy atom. The molecule has 6 heteroatoms. The number of hydrogen-bond donors (Lipinski definition) is 3. The molecular weight excluding hydrogens is 334 g/mol. The predicted octanol–water partition coefficient (Wildman–Crippen LogP) is 1.76. The zero-order valence-electron chi connectivity index (χ0n) is 14.5. The Hall–Kier alpha value is -2.18. The Kier molecular flexibility index (Phi) is 3.93. The van der Waals surface area contributed by atoms with E-state index in [1.807, 2.05) is 0 Å². The number of ether oxygens (including phenoxy) is 1.